The number of carbonyl (C=O) groups is 2. The molecule has 10 heteroatoms. The highest BCUT2D eigenvalue weighted by molar-refractivity contribution is 5.99. The van der Waals surface area contributed by atoms with E-state index in [1.54, 1.807) is 25.2 Å². The number of hydrogen-bond acceptors (Lipinski definition) is 8. The van der Waals surface area contributed by atoms with Gasteiger partial charge in [0.2, 0.25) is 0 Å². The largest absolute Gasteiger partial charge is 0.477 e. The number of aromatic carboxylic acids is 1. The Labute approximate surface area is 234 Å². The second-order valence-electron chi connectivity index (χ2n) is 9.69. The van der Waals surface area contributed by atoms with Crippen LogP contribution in [-0.2, 0) is 0 Å². The number of carboxylic acids is 1. The third-order valence-electron chi connectivity index (χ3n) is 6.30. The fourth-order valence-corrected chi connectivity index (χ4v) is 4.27. The van der Waals surface area contributed by atoms with Gasteiger partial charge < -0.3 is 19.8 Å². The Balaban J connectivity index is 0.000000189. The number of carboxylic acid groups (broad SMARTS) is 1. The summed E-state index contributed by atoms with van der Waals surface area (Å²) in [7, 11) is 7.31. The topological polar surface area (TPSA) is 116 Å². The summed E-state index contributed by atoms with van der Waals surface area (Å²) in [6.07, 6.45) is 5.15. The van der Waals surface area contributed by atoms with Gasteiger partial charge in [-0.3, -0.25) is 4.79 Å². The molecule has 10 nitrogen and oxygen atoms in total. The molecule has 0 saturated carbocycles. The molecule has 0 atom stereocenters. The summed E-state index contributed by atoms with van der Waals surface area (Å²) in [5, 5.41) is 9.07. The van der Waals surface area contributed by atoms with Crippen LogP contribution >= 0.6 is 0 Å². The van der Waals surface area contributed by atoms with E-state index >= 15 is 0 Å². The van der Waals surface area contributed by atoms with Gasteiger partial charge in [0.15, 0.2) is 11.6 Å². The van der Waals surface area contributed by atoms with Crippen LogP contribution in [0.5, 0.6) is 0 Å². The number of likely N-dealkylation sites (tertiary alicyclic amines) is 1. The lowest BCUT2D eigenvalue weighted by atomic mass is 10.2. The van der Waals surface area contributed by atoms with Crippen molar-refractivity contribution in [3.05, 3.63) is 84.2 Å². The molecular weight excluding hydrogens is 506 g/mol. The molecule has 0 bridgehead atoms. The molecule has 1 saturated heterocycles. The van der Waals surface area contributed by atoms with Crippen LogP contribution in [0.25, 0.3) is 22.8 Å². The van der Waals surface area contributed by atoms with E-state index in [9.17, 15) is 9.59 Å². The molecule has 2 aromatic heterocycles. The molecule has 0 aliphatic carbocycles. The number of hydrogen-bond donors (Lipinski definition) is 1. The SMILES string of the molecule is CN(C)c1nc(-c2ccccc2)ncc1C(=O)N1CCCC1.CN(C)c1nc(-c2ccccc2)ncc1C(=O)O. The molecule has 3 heterocycles. The highest BCUT2D eigenvalue weighted by atomic mass is 16.4. The maximum atomic E-state index is 12.6. The van der Waals surface area contributed by atoms with Crippen molar-refractivity contribution in [1.29, 1.82) is 0 Å². The molecule has 0 unspecified atom stereocenters. The van der Waals surface area contributed by atoms with Gasteiger partial charge >= 0.3 is 5.97 Å². The minimum atomic E-state index is -1.03. The Morgan fingerprint density at radius 2 is 1.12 bits per heavy atom. The predicted molar refractivity (Wildman–Crippen MR) is 156 cm³/mol. The molecule has 4 aromatic rings. The van der Waals surface area contributed by atoms with Crippen LogP contribution in [0, 0.1) is 0 Å². The van der Waals surface area contributed by atoms with Gasteiger partial charge in [-0.2, -0.15) is 0 Å². The highest BCUT2D eigenvalue weighted by Crippen LogP contribution is 2.24. The number of benzene rings is 2. The summed E-state index contributed by atoms with van der Waals surface area (Å²) in [5.74, 6) is 1.23. The number of carbonyl (C=O) groups excluding carboxylic acids is 1. The van der Waals surface area contributed by atoms with Crippen molar-refractivity contribution in [1.82, 2.24) is 24.8 Å². The van der Waals surface area contributed by atoms with Crippen molar-refractivity contribution in [2.75, 3.05) is 51.1 Å². The van der Waals surface area contributed by atoms with Gasteiger partial charge in [0.05, 0.1) is 0 Å². The fraction of sp³-hybridized carbons (Fsp3) is 0.267. The summed E-state index contributed by atoms with van der Waals surface area (Å²) in [6, 6.07) is 19.3. The van der Waals surface area contributed by atoms with Crippen molar-refractivity contribution < 1.29 is 14.7 Å². The summed E-state index contributed by atoms with van der Waals surface area (Å²) >= 11 is 0. The van der Waals surface area contributed by atoms with Gasteiger partial charge in [0.1, 0.15) is 22.8 Å². The molecule has 40 heavy (non-hydrogen) atoms. The lowest BCUT2D eigenvalue weighted by Crippen LogP contribution is -2.30. The number of nitrogens with zero attached hydrogens (tertiary/aromatic N) is 7. The monoisotopic (exact) mass is 539 g/mol. The Morgan fingerprint density at radius 3 is 1.55 bits per heavy atom. The Kier molecular flexibility index (Phi) is 9.00. The summed E-state index contributed by atoms with van der Waals surface area (Å²) in [5.41, 5.74) is 2.48. The van der Waals surface area contributed by atoms with Crippen LogP contribution in [0.15, 0.2) is 73.1 Å². The highest BCUT2D eigenvalue weighted by Gasteiger charge is 2.24. The second kappa shape index (κ2) is 12.8. The van der Waals surface area contributed by atoms with E-state index in [2.05, 4.69) is 19.9 Å². The average molecular weight is 540 g/mol. The minimum Gasteiger partial charge on any atom is -0.477 e. The minimum absolute atomic E-state index is 0.0285. The van der Waals surface area contributed by atoms with E-state index in [0.29, 0.717) is 28.8 Å². The zero-order valence-corrected chi connectivity index (χ0v) is 23.2. The number of anilines is 2. The van der Waals surface area contributed by atoms with Crippen molar-refractivity contribution in [3.8, 4) is 22.8 Å². The lowest BCUT2D eigenvalue weighted by Gasteiger charge is -2.20. The number of amides is 1. The summed E-state index contributed by atoms with van der Waals surface area (Å²) < 4.78 is 0. The first-order valence-corrected chi connectivity index (χ1v) is 13.0. The first-order valence-electron chi connectivity index (χ1n) is 13.0. The van der Waals surface area contributed by atoms with Crippen molar-refractivity contribution in [2.24, 2.45) is 0 Å². The predicted octanol–water partition coefficient (Wildman–Crippen LogP) is 4.35. The molecule has 1 aliphatic rings. The Bertz CT molecular complexity index is 1460. The van der Waals surface area contributed by atoms with E-state index < -0.39 is 5.97 Å². The standard InChI is InChI=1S/C17H20N4O.C13H13N3O2/c1-20(2)16-14(17(22)21-10-6-7-11-21)12-18-15(19-16)13-8-4-3-5-9-13;1-16(2)12-10(13(17)18)8-14-11(15-12)9-6-4-3-5-7-9/h3-5,8-9,12H,6-7,10-11H2,1-2H3;3-8H,1-2H3,(H,17,18). The first-order chi connectivity index (χ1) is 19.3. The maximum absolute atomic E-state index is 12.6. The lowest BCUT2D eigenvalue weighted by molar-refractivity contribution is 0.0696. The summed E-state index contributed by atoms with van der Waals surface area (Å²) in [6.45, 7) is 1.65. The van der Waals surface area contributed by atoms with Crippen LogP contribution in [0.1, 0.15) is 33.6 Å². The van der Waals surface area contributed by atoms with Gasteiger partial charge in [-0.15, -0.1) is 0 Å². The summed E-state index contributed by atoms with van der Waals surface area (Å²) in [4.78, 5) is 46.5. The van der Waals surface area contributed by atoms with E-state index in [1.165, 1.54) is 6.20 Å². The van der Waals surface area contributed by atoms with Crippen LogP contribution in [0.2, 0.25) is 0 Å². The fourth-order valence-electron chi connectivity index (χ4n) is 4.27. The van der Waals surface area contributed by atoms with Crippen LogP contribution < -0.4 is 9.80 Å². The molecule has 5 rings (SSSR count). The van der Waals surface area contributed by atoms with Crippen molar-refractivity contribution in [2.45, 2.75) is 12.8 Å². The van der Waals surface area contributed by atoms with E-state index in [1.807, 2.05) is 84.6 Å². The molecule has 206 valence electrons. The normalized spacial score (nSPS) is 12.3. The van der Waals surface area contributed by atoms with Crippen LogP contribution in [0.4, 0.5) is 11.6 Å². The van der Waals surface area contributed by atoms with E-state index in [-0.39, 0.29) is 11.5 Å². The first kappa shape index (κ1) is 28.2. The third kappa shape index (κ3) is 6.58. The zero-order chi connectivity index (χ0) is 28.6. The van der Waals surface area contributed by atoms with Gasteiger partial charge in [-0.05, 0) is 12.8 Å². The smallest absolute Gasteiger partial charge is 0.341 e. The second-order valence-corrected chi connectivity index (χ2v) is 9.69. The van der Waals surface area contributed by atoms with Gasteiger partial charge in [0, 0.05) is 64.8 Å². The molecule has 2 aromatic carbocycles. The van der Waals surface area contributed by atoms with Crippen molar-refractivity contribution in [3.63, 3.8) is 0 Å². The van der Waals surface area contributed by atoms with E-state index in [0.717, 1.165) is 37.1 Å². The number of aromatic nitrogens is 4. The maximum Gasteiger partial charge on any atom is 0.341 e. The molecular formula is C30H33N7O3. The van der Waals surface area contributed by atoms with Gasteiger partial charge in [-0.25, -0.2) is 24.7 Å². The molecule has 1 N–H and O–H groups in total. The van der Waals surface area contributed by atoms with Crippen LogP contribution in [-0.4, -0.2) is 83.1 Å². The zero-order valence-electron chi connectivity index (χ0n) is 23.2. The number of rotatable bonds is 6. The van der Waals surface area contributed by atoms with Crippen molar-refractivity contribution >= 4 is 23.5 Å². The Morgan fingerprint density at radius 1 is 0.700 bits per heavy atom. The molecule has 1 amide bonds. The van der Waals surface area contributed by atoms with Gasteiger partial charge in [0.25, 0.3) is 5.91 Å². The van der Waals surface area contributed by atoms with Crippen LogP contribution in [0.3, 0.4) is 0 Å². The average Bonchev–Trinajstić information content (AvgIpc) is 3.52. The van der Waals surface area contributed by atoms with E-state index in [4.69, 9.17) is 5.11 Å². The molecule has 0 radical (unpaired) electrons. The quantitative estimate of drug-likeness (QED) is 0.382. The molecule has 1 aliphatic heterocycles. The third-order valence-corrected chi connectivity index (χ3v) is 6.30. The van der Waals surface area contributed by atoms with Gasteiger partial charge in [-0.1, -0.05) is 60.7 Å². The molecule has 0 spiro atoms. The Hall–Kier alpha value is -4.86. The molecule has 1 fully saturated rings.